The summed E-state index contributed by atoms with van der Waals surface area (Å²) >= 11 is 0. The van der Waals surface area contributed by atoms with Crippen molar-refractivity contribution >= 4 is 7.82 Å². The van der Waals surface area contributed by atoms with Crippen LogP contribution in [0.4, 0.5) is 0 Å². The molecule has 0 saturated carbocycles. The molecule has 0 aliphatic heterocycles. The Bertz CT molecular complexity index is 571. The lowest BCUT2D eigenvalue weighted by Crippen LogP contribution is -1.97. The largest absolute Gasteiger partial charge is 0.469 e. The standard InChI is InChI=1S/C38H80NO4P/c39-37-35-33-31-29-27-25-23-21-19-17-15-13-11-9-7-5-3-1-2-4-6-8-10-12-14-16-18-20-22-24-26-28-30-32-34-36-38-43-44(40,41)42/h1-39H2,(H2,40,41,42). The Morgan fingerprint density at radius 1 is 0.318 bits per heavy atom. The van der Waals surface area contributed by atoms with Gasteiger partial charge in [-0.2, -0.15) is 0 Å². The van der Waals surface area contributed by atoms with Gasteiger partial charge in [0.2, 0.25) is 0 Å². The van der Waals surface area contributed by atoms with Crippen LogP contribution in [0.15, 0.2) is 0 Å². The van der Waals surface area contributed by atoms with Gasteiger partial charge in [-0.25, -0.2) is 4.57 Å². The Morgan fingerprint density at radius 2 is 0.477 bits per heavy atom. The van der Waals surface area contributed by atoms with Crippen molar-refractivity contribution in [1.29, 1.82) is 0 Å². The van der Waals surface area contributed by atoms with Gasteiger partial charge in [-0.05, 0) is 19.4 Å². The van der Waals surface area contributed by atoms with Crippen LogP contribution in [0.25, 0.3) is 0 Å². The molecule has 0 aromatic rings. The van der Waals surface area contributed by atoms with Crippen molar-refractivity contribution in [2.75, 3.05) is 13.2 Å². The van der Waals surface area contributed by atoms with E-state index in [9.17, 15) is 4.57 Å². The lowest BCUT2D eigenvalue weighted by molar-refractivity contribution is 0.193. The zero-order valence-corrected chi connectivity index (χ0v) is 30.5. The first-order valence-electron chi connectivity index (χ1n) is 20.0. The molecule has 0 aromatic carbocycles. The van der Waals surface area contributed by atoms with Gasteiger partial charge in [-0.15, -0.1) is 0 Å². The van der Waals surface area contributed by atoms with Gasteiger partial charge < -0.3 is 15.5 Å². The van der Waals surface area contributed by atoms with E-state index >= 15 is 0 Å². The minimum absolute atomic E-state index is 0.169. The molecule has 0 saturated heterocycles. The summed E-state index contributed by atoms with van der Waals surface area (Å²) in [5, 5.41) is 0. The summed E-state index contributed by atoms with van der Waals surface area (Å²) in [7, 11) is -4.27. The minimum atomic E-state index is -4.27. The van der Waals surface area contributed by atoms with Crippen molar-refractivity contribution in [3.05, 3.63) is 0 Å². The Kier molecular flexibility index (Phi) is 37.6. The molecule has 0 fully saturated rings. The highest BCUT2D eigenvalue weighted by Crippen LogP contribution is 2.35. The number of phosphoric ester groups is 1. The van der Waals surface area contributed by atoms with E-state index < -0.39 is 7.82 Å². The maximum absolute atomic E-state index is 10.6. The van der Waals surface area contributed by atoms with E-state index in [2.05, 4.69) is 4.52 Å². The summed E-state index contributed by atoms with van der Waals surface area (Å²) in [6.45, 7) is 1.03. The molecule has 0 atom stereocenters. The molecule has 0 aliphatic carbocycles. The molecule has 0 heterocycles. The normalized spacial score (nSPS) is 12.0. The summed E-state index contributed by atoms with van der Waals surface area (Å²) < 4.78 is 15.1. The highest BCUT2D eigenvalue weighted by molar-refractivity contribution is 7.46. The molecule has 5 nitrogen and oxygen atoms in total. The lowest BCUT2D eigenvalue weighted by Gasteiger charge is -2.05. The highest BCUT2D eigenvalue weighted by Gasteiger charge is 2.12. The average molecular weight is 646 g/mol. The zero-order valence-electron chi connectivity index (χ0n) is 29.6. The zero-order chi connectivity index (χ0) is 32.1. The second kappa shape index (κ2) is 37.5. The monoisotopic (exact) mass is 646 g/mol. The van der Waals surface area contributed by atoms with Crippen molar-refractivity contribution < 1.29 is 18.9 Å². The van der Waals surface area contributed by atoms with Crippen LogP contribution in [-0.4, -0.2) is 22.9 Å². The van der Waals surface area contributed by atoms with Crippen LogP contribution in [-0.2, 0) is 9.09 Å². The van der Waals surface area contributed by atoms with Crippen LogP contribution in [0.3, 0.4) is 0 Å². The third-order valence-electron chi connectivity index (χ3n) is 9.36. The van der Waals surface area contributed by atoms with Crippen LogP contribution in [0, 0.1) is 0 Å². The molecule has 0 amide bonds. The second-order valence-corrected chi connectivity index (χ2v) is 15.1. The van der Waals surface area contributed by atoms with E-state index in [4.69, 9.17) is 15.5 Å². The van der Waals surface area contributed by atoms with Crippen LogP contribution in [0.2, 0.25) is 0 Å². The van der Waals surface area contributed by atoms with Gasteiger partial charge in [-0.1, -0.05) is 218 Å². The van der Waals surface area contributed by atoms with Crippen LogP contribution >= 0.6 is 7.82 Å². The van der Waals surface area contributed by atoms with E-state index in [0.717, 1.165) is 25.8 Å². The van der Waals surface area contributed by atoms with E-state index in [-0.39, 0.29) is 6.61 Å². The Labute approximate surface area is 276 Å². The molecular weight excluding hydrogens is 565 g/mol. The molecule has 44 heavy (non-hydrogen) atoms. The van der Waals surface area contributed by atoms with E-state index in [1.54, 1.807) is 0 Å². The Balaban J connectivity index is 3.05. The van der Waals surface area contributed by atoms with Gasteiger partial charge >= 0.3 is 7.82 Å². The van der Waals surface area contributed by atoms with E-state index in [1.807, 2.05) is 0 Å². The molecule has 0 spiro atoms. The first-order valence-corrected chi connectivity index (χ1v) is 21.5. The van der Waals surface area contributed by atoms with Crippen molar-refractivity contribution in [1.82, 2.24) is 0 Å². The number of nitrogens with two attached hydrogens (primary N) is 1. The number of hydrogen-bond donors (Lipinski definition) is 3. The van der Waals surface area contributed by atoms with Crippen molar-refractivity contribution in [3.63, 3.8) is 0 Å². The third kappa shape index (κ3) is 42.1. The Morgan fingerprint density at radius 3 is 0.636 bits per heavy atom. The topological polar surface area (TPSA) is 92.8 Å². The smallest absolute Gasteiger partial charge is 0.330 e. The van der Waals surface area contributed by atoms with E-state index in [1.165, 1.54) is 212 Å². The maximum Gasteiger partial charge on any atom is 0.469 e. The van der Waals surface area contributed by atoms with Gasteiger partial charge in [0.15, 0.2) is 0 Å². The summed E-state index contributed by atoms with van der Waals surface area (Å²) in [6, 6.07) is 0. The quantitative estimate of drug-likeness (QED) is 0.0457. The number of unbranched alkanes of at least 4 members (excludes halogenated alkanes) is 35. The predicted molar refractivity (Wildman–Crippen MR) is 193 cm³/mol. The first-order chi connectivity index (χ1) is 21.6. The SMILES string of the molecule is NCCCCCCCCCCCCCCCCCCCCCCCCCCCCCCCCCCCCCCOP(=O)(O)O. The van der Waals surface area contributed by atoms with Crippen LogP contribution in [0.1, 0.15) is 231 Å². The third-order valence-corrected chi connectivity index (χ3v) is 9.88. The van der Waals surface area contributed by atoms with Gasteiger partial charge in [0.25, 0.3) is 0 Å². The van der Waals surface area contributed by atoms with Crippen LogP contribution < -0.4 is 5.73 Å². The molecule has 0 bridgehead atoms. The second-order valence-electron chi connectivity index (χ2n) is 13.8. The molecule has 0 rings (SSSR count). The fourth-order valence-electron chi connectivity index (χ4n) is 6.44. The summed E-state index contributed by atoms with van der Waals surface area (Å²) in [5.74, 6) is 0. The minimum Gasteiger partial charge on any atom is -0.330 e. The summed E-state index contributed by atoms with van der Waals surface area (Å²) in [6.07, 6.45) is 49.7. The van der Waals surface area contributed by atoms with Gasteiger partial charge in [0.05, 0.1) is 6.61 Å². The molecule has 0 radical (unpaired) electrons. The predicted octanol–water partition coefficient (Wildman–Crippen LogP) is 13.1. The molecule has 6 heteroatoms. The Hall–Kier alpha value is 0.0700. The fraction of sp³-hybridized carbons (Fsp3) is 1.00. The number of rotatable bonds is 39. The van der Waals surface area contributed by atoms with Crippen molar-refractivity contribution in [3.8, 4) is 0 Å². The number of hydrogen-bond acceptors (Lipinski definition) is 3. The number of phosphoric acid groups is 1. The van der Waals surface area contributed by atoms with Crippen molar-refractivity contribution in [2.24, 2.45) is 5.73 Å². The molecular formula is C38H80NO4P. The lowest BCUT2D eigenvalue weighted by atomic mass is 10.0. The van der Waals surface area contributed by atoms with E-state index in [0.29, 0.717) is 0 Å². The fourth-order valence-corrected chi connectivity index (χ4v) is 6.81. The van der Waals surface area contributed by atoms with Gasteiger partial charge in [-0.3, -0.25) is 4.52 Å². The summed E-state index contributed by atoms with van der Waals surface area (Å²) in [5.41, 5.74) is 5.55. The average Bonchev–Trinajstić information content (AvgIpc) is 3.00. The van der Waals surface area contributed by atoms with Crippen LogP contribution in [0.5, 0.6) is 0 Å². The molecule has 4 N–H and O–H groups in total. The molecule has 0 aliphatic rings. The highest BCUT2D eigenvalue weighted by atomic mass is 31.2. The van der Waals surface area contributed by atoms with Crippen molar-refractivity contribution in [2.45, 2.75) is 231 Å². The summed E-state index contributed by atoms with van der Waals surface area (Å²) in [4.78, 5) is 17.3. The first kappa shape index (κ1) is 44.1. The van der Waals surface area contributed by atoms with Gasteiger partial charge in [0, 0.05) is 0 Å². The van der Waals surface area contributed by atoms with Gasteiger partial charge in [0.1, 0.15) is 0 Å². The maximum atomic E-state index is 10.6. The molecule has 0 unspecified atom stereocenters. The molecule has 0 aromatic heterocycles. The molecule has 266 valence electrons.